The monoisotopic (exact) mass is 270 g/mol. The number of carbonyl (C=O) groups is 1. The van der Waals surface area contributed by atoms with E-state index in [9.17, 15) is 15.0 Å². The summed E-state index contributed by atoms with van der Waals surface area (Å²) in [5.41, 5.74) is 0.862. The molecule has 2 aromatic carbocycles. The van der Waals surface area contributed by atoms with Gasteiger partial charge in [-0.3, -0.25) is 4.79 Å². The second-order valence-corrected chi connectivity index (χ2v) is 4.15. The number of para-hydroxylation sites is 1. The fourth-order valence-electron chi connectivity index (χ4n) is 1.74. The zero-order chi connectivity index (χ0) is 14.5. The Hall–Kier alpha value is -2.75. The molecule has 0 aromatic heterocycles. The van der Waals surface area contributed by atoms with E-state index in [1.54, 1.807) is 25.3 Å². The number of aromatic hydroxyl groups is 2. The van der Waals surface area contributed by atoms with Crippen LogP contribution in [0.5, 0.6) is 17.2 Å². The number of benzene rings is 2. The summed E-state index contributed by atoms with van der Waals surface area (Å²) in [6, 6.07) is 11.5. The third-order valence-corrected chi connectivity index (χ3v) is 2.80. The van der Waals surface area contributed by atoms with Crippen LogP contribution in [0.4, 0.5) is 0 Å². The number of allylic oxidation sites excluding steroid dienone is 1. The maximum atomic E-state index is 12.0. The molecule has 4 nitrogen and oxygen atoms in total. The molecule has 0 atom stereocenters. The van der Waals surface area contributed by atoms with Crippen molar-refractivity contribution in [2.75, 3.05) is 7.11 Å². The van der Waals surface area contributed by atoms with Crippen molar-refractivity contribution < 1.29 is 19.7 Å². The van der Waals surface area contributed by atoms with Gasteiger partial charge < -0.3 is 14.9 Å². The number of hydrogen-bond donors (Lipinski definition) is 2. The molecule has 2 N–H and O–H groups in total. The normalized spacial score (nSPS) is 10.7. The fraction of sp³-hybridized carbons (Fsp3) is 0.0625. The average molecular weight is 270 g/mol. The smallest absolute Gasteiger partial charge is 0.189 e. The van der Waals surface area contributed by atoms with Crippen LogP contribution in [0.1, 0.15) is 15.9 Å². The highest BCUT2D eigenvalue weighted by Gasteiger charge is 2.11. The minimum Gasteiger partial charge on any atom is -0.504 e. The number of methoxy groups -OCH3 is 1. The molecular formula is C16H14O4. The van der Waals surface area contributed by atoms with Crippen LogP contribution in [0.25, 0.3) is 6.08 Å². The maximum absolute atomic E-state index is 12.0. The maximum Gasteiger partial charge on any atom is 0.189 e. The third kappa shape index (κ3) is 2.98. The van der Waals surface area contributed by atoms with Crippen molar-refractivity contribution in [3.63, 3.8) is 0 Å². The van der Waals surface area contributed by atoms with Crippen molar-refractivity contribution in [1.29, 1.82) is 0 Å². The Bertz CT molecular complexity index is 659. The number of carbonyl (C=O) groups excluding carboxylic acids is 1. The van der Waals surface area contributed by atoms with E-state index < -0.39 is 5.75 Å². The number of phenols is 2. The molecule has 0 aliphatic heterocycles. The van der Waals surface area contributed by atoms with Gasteiger partial charge in [0.05, 0.1) is 12.7 Å². The Morgan fingerprint density at radius 3 is 2.65 bits per heavy atom. The molecule has 20 heavy (non-hydrogen) atoms. The first-order valence-electron chi connectivity index (χ1n) is 5.99. The summed E-state index contributed by atoms with van der Waals surface area (Å²) in [5, 5.41) is 19.0. The second kappa shape index (κ2) is 5.93. The molecule has 102 valence electrons. The number of ether oxygens (including phenoxy) is 1. The first kappa shape index (κ1) is 13.7. The van der Waals surface area contributed by atoms with Gasteiger partial charge in [-0.1, -0.05) is 24.3 Å². The molecule has 0 unspecified atom stereocenters. The van der Waals surface area contributed by atoms with E-state index in [1.807, 2.05) is 12.1 Å². The van der Waals surface area contributed by atoms with Gasteiger partial charge in [-0.25, -0.2) is 0 Å². The van der Waals surface area contributed by atoms with E-state index in [1.165, 1.54) is 24.3 Å². The molecule has 4 heteroatoms. The summed E-state index contributed by atoms with van der Waals surface area (Å²) >= 11 is 0. The Morgan fingerprint density at radius 1 is 1.15 bits per heavy atom. The quantitative estimate of drug-likeness (QED) is 0.509. The zero-order valence-corrected chi connectivity index (χ0v) is 10.9. The molecule has 0 saturated carbocycles. The van der Waals surface area contributed by atoms with Crippen molar-refractivity contribution in [3.05, 3.63) is 59.7 Å². The van der Waals surface area contributed by atoms with Crippen LogP contribution in [-0.4, -0.2) is 23.1 Å². The van der Waals surface area contributed by atoms with Crippen LogP contribution < -0.4 is 4.74 Å². The van der Waals surface area contributed by atoms with E-state index >= 15 is 0 Å². The summed E-state index contributed by atoms with van der Waals surface area (Å²) in [7, 11) is 1.57. The number of phenolic OH excluding ortho intramolecular Hbond substituents is 2. The Kier molecular flexibility index (Phi) is 4.05. The molecule has 0 amide bonds. The minimum absolute atomic E-state index is 0.0594. The average Bonchev–Trinajstić information content (AvgIpc) is 2.48. The predicted octanol–water partition coefficient (Wildman–Crippen LogP) is 3.00. The topological polar surface area (TPSA) is 66.8 Å². The van der Waals surface area contributed by atoms with Gasteiger partial charge in [0.1, 0.15) is 5.75 Å². The summed E-state index contributed by atoms with van der Waals surface area (Å²) in [6.45, 7) is 0. The van der Waals surface area contributed by atoms with Gasteiger partial charge in [-0.2, -0.15) is 0 Å². The van der Waals surface area contributed by atoms with Crippen molar-refractivity contribution in [2.24, 2.45) is 0 Å². The summed E-state index contributed by atoms with van der Waals surface area (Å²) < 4.78 is 5.09. The molecule has 0 radical (unpaired) electrons. The van der Waals surface area contributed by atoms with Gasteiger partial charge in [0.15, 0.2) is 17.3 Å². The summed E-state index contributed by atoms with van der Waals surface area (Å²) in [6.07, 6.45) is 2.96. The van der Waals surface area contributed by atoms with E-state index in [2.05, 4.69) is 0 Å². The van der Waals surface area contributed by atoms with Crippen LogP contribution in [0.15, 0.2) is 48.5 Å². The van der Waals surface area contributed by atoms with E-state index in [0.717, 1.165) is 5.56 Å². The first-order valence-corrected chi connectivity index (χ1v) is 5.99. The highest BCUT2D eigenvalue weighted by Crippen LogP contribution is 2.28. The van der Waals surface area contributed by atoms with Crippen molar-refractivity contribution in [2.45, 2.75) is 0 Å². The van der Waals surface area contributed by atoms with Crippen LogP contribution in [0, 0.1) is 0 Å². The van der Waals surface area contributed by atoms with Crippen LogP contribution in [-0.2, 0) is 0 Å². The Balaban J connectivity index is 2.22. The molecule has 0 saturated heterocycles. The third-order valence-electron chi connectivity index (χ3n) is 2.80. The van der Waals surface area contributed by atoms with E-state index in [4.69, 9.17) is 4.74 Å². The molecular weight excluding hydrogens is 256 g/mol. The van der Waals surface area contributed by atoms with Gasteiger partial charge in [0.25, 0.3) is 0 Å². The van der Waals surface area contributed by atoms with Crippen LogP contribution in [0.2, 0.25) is 0 Å². The lowest BCUT2D eigenvalue weighted by molar-refractivity contribution is 0.104. The van der Waals surface area contributed by atoms with Crippen molar-refractivity contribution >= 4 is 11.9 Å². The number of rotatable bonds is 4. The van der Waals surface area contributed by atoms with E-state index in [0.29, 0.717) is 5.75 Å². The molecule has 0 bridgehead atoms. The lowest BCUT2D eigenvalue weighted by atomic mass is 10.1. The standard InChI is InChI=1S/C16H14O4/c1-20-12-5-2-4-11(10-12)8-9-14(17)13-6-3-7-15(18)16(13)19/h2-10,18-19H,1H3/b9-8+. The minimum atomic E-state index is -0.409. The van der Waals surface area contributed by atoms with Gasteiger partial charge in [-0.05, 0) is 35.9 Å². The Labute approximate surface area is 116 Å². The second-order valence-electron chi connectivity index (χ2n) is 4.15. The zero-order valence-electron chi connectivity index (χ0n) is 10.9. The molecule has 0 aliphatic rings. The first-order chi connectivity index (χ1) is 9.61. The predicted molar refractivity (Wildman–Crippen MR) is 76.1 cm³/mol. The molecule has 0 aliphatic carbocycles. The largest absolute Gasteiger partial charge is 0.504 e. The lowest BCUT2D eigenvalue weighted by Gasteiger charge is -2.02. The fourth-order valence-corrected chi connectivity index (χ4v) is 1.74. The van der Waals surface area contributed by atoms with Gasteiger partial charge in [0, 0.05) is 0 Å². The summed E-state index contributed by atoms with van der Waals surface area (Å²) in [5.74, 6) is -0.417. The number of hydrogen-bond acceptors (Lipinski definition) is 4. The Morgan fingerprint density at radius 2 is 1.90 bits per heavy atom. The van der Waals surface area contributed by atoms with Crippen LogP contribution >= 0.6 is 0 Å². The highest BCUT2D eigenvalue weighted by molar-refractivity contribution is 6.09. The van der Waals surface area contributed by atoms with E-state index in [-0.39, 0.29) is 17.1 Å². The van der Waals surface area contributed by atoms with Crippen molar-refractivity contribution in [1.82, 2.24) is 0 Å². The van der Waals surface area contributed by atoms with Gasteiger partial charge in [0.2, 0.25) is 0 Å². The van der Waals surface area contributed by atoms with Crippen molar-refractivity contribution in [3.8, 4) is 17.2 Å². The number of ketones is 1. The van der Waals surface area contributed by atoms with Gasteiger partial charge >= 0.3 is 0 Å². The molecule has 0 fully saturated rings. The lowest BCUT2D eigenvalue weighted by Crippen LogP contribution is -1.94. The molecule has 0 heterocycles. The SMILES string of the molecule is COc1cccc(/C=C/C(=O)c2cccc(O)c2O)c1. The molecule has 2 rings (SSSR count). The van der Waals surface area contributed by atoms with Crippen LogP contribution in [0.3, 0.4) is 0 Å². The highest BCUT2D eigenvalue weighted by atomic mass is 16.5. The van der Waals surface area contributed by atoms with Gasteiger partial charge in [-0.15, -0.1) is 0 Å². The summed E-state index contributed by atoms with van der Waals surface area (Å²) in [4.78, 5) is 12.0. The molecule has 2 aromatic rings. The molecule has 0 spiro atoms.